The minimum absolute atomic E-state index is 0.0466. The lowest BCUT2D eigenvalue weighted by atomic mass is 9.78. The maximum Gasteiger partial charge on any atom is 0.495 e. The summed E-state index contributed by atoms with van der Waals surface area (Å²) in [5.41, 5.74) is -0.663. The zero-order chi connectivity index (χ0) is 19.9. The summed E-state index contributed by atoms with van der Waals surface area (Å²) in [6.07, 6.45) is 0.453. The molecule has 0 atom stereocenters. The van der Waals surface area contributed by atoms with Crippen LogP contribution in [0, 0.1) is 5.82 Å². The normalized spacial score (nSPS) is 18.8. The number of hydrogen-bond acceptors (Lipinski definition) is 5. The largest absolute Gasteiger partial charge is 0.495 e. The molecular weight excluding hydrogens is 360 g/mol. The molecular formula is C17H27BFNO5S. The highest BCUT2D eigenvalue weighted by molar-refractivity contribution is 7.92. The predicted molar refractivity (Wildman–Crippen MR) is 101 cm³/mol. The van der Waals surface area contributed by atoms with Gasteiger partial charge in [0.1, 0.15) is 0 Å². The van der Waals surface area contributed by atoms with Crippen LogP contribution < -0.4 is 14.5 Å². The average Bonchev–Trinajstić information content (AvgIpc) is 2.73. The van der Waals surface area contributed by atoms with Gasteiger partial charge in [-0.25, -0.2) is 12.8 Å². The Hall–Kier alpha value is -1.32. The minimum atomic E-state index is -3.59. The van der Waals surface area contributed by atoms with Crippen molar-refractivity contribution in [2.45, 2.75) is 52.2 Å². The lowest BCUT2D eigenvalue weighted by Gasteiger charge is -2.32. The van der Waals surface area contributed by atoms with Crippen molar-refractivity contribution < 1.29 is 26.9 Å². The molecule has 146 valence electrons. The van der Waals surface area contributed by atoms with E-state index in [-0.39, 0.29) is 17.2 Å². The van der Waals surface area contributed by atoms with E-state index >= 15 is 0 Å². The van der Waals surface area contributed by atoms with Crippen LogP contribution in [0.3, 0.4) is 0 Å². The van der Waals surface area contributed by atoms with Crippen molar-refractivity contribution in [3.05, 3.63) is 17.9 Å². The number of ether oxygens (including phenoxy) is 1. The van der Waals surface area contributed by atoms with Crippen molar-refractivity contribution in [1.29, 1.82) is 0 Å². The Morgan fingerprint density at radius 1 is 1.19 bits per heavy atom. The maximum atomic E-state index is 14.6. The first kappa shape index (κ1) is 21.0. The SMILES string of the molecule is CCCS(=O)(=O)N(C)c1cc(B2OC(C)(C)C(C)(C)O2)cc(F)c1OC. The summed E-state index contributed by atoms with van der Waals surface area (Å²) in [5, 5.41) is 0. The van der Waals surface area contributed by atoms with Gasteiger partial charge in [-0.1, -0.05) is 6.92 Å². The van der Waals surface area contributed by atoms with E-state index in [9.17, 15) is 12.8 Å². The summed E-state index contributed by atoms with van der Waals surface area (Å²) < 4.78 is 57.5. The van der Waals surface area contributed by atoms with Crippen LogP contribution in [0.25, 0.3) is 0 Å². The van der Waals surface area contributed by atoms with E-state index in [1.54, 1.807) is 6.92 Å². The molecule has 0 N–H and O–H groups in total. The molecule has 1 fully saturated rings. The van der Waals surface area contributed by atoms with Gasteiger partial charge in [0.25, 0.3) is 0 Å². The van der Waals surface area contributed by atoms with Crippen LogP contribution in [-0.2, 0) is 19.3 Å². The number of anilines is 1. The highest BCUT2D eigenvalue weighted by atomic mass is 32.2. The van der Waals surface area contributed by atoms with Gasteiger partial charge >= 0.3 is 7.12 Å². The van der Waals surface area contributed by atoms with E-state index in [2.05, 4.69) is 0 Å². The number of halogens is 1. The Morgan fingerprint density at radius 3 is 2.19 bits per heavy atom. The molecule has 1 saturated heterocycles. The number of benzene rings is 1. The molecule has 0 spiro atoms. The first-order chi connectivity index (χ1) is 11.9. The molecule has 26 heavy (non-hydrogen) atoms. The summed E-state index contributed by atoms with van der Waals surface area (Å²) in [4.78, 5) is 0. The fourth-order valence-corrected chi connectivity index (χ4v) is 3.92. The lowest BCUT2D eigenvalue weighted by Crippen LogP contribution is -2.41. The fraction of sp³-hybridized carbons (Fsp3) is 0.647. The minimum Gasteiger partial charge on any atom is -0.492 e. The molecule has 0 radical (unpaired) electrons. The van der Waals surface area contributed by atoms with Gasteiger partial charge in [-0.05, 0) is 51.7 Å². The summed E-state index contributed by atoms with van der Waals surface area (Å²) in [5.74, 6) is -0.852. The van der Waals surface area contributed by atoms with Gasteiger partial charge in [0.05, 0.1) is 29.8 Å². The molecule has 1 aliphatic heterocycles. The monoisotopic (exact) mass is 387 g/mol. The quantitative estimate of drug-likeness (QED) is 0.701. The second kappa shape index (κ2) is 7.01. The molecule has 6 nitrogen and oxygen atoms in total. The number of nitrogens with zero attached hydrogens (tertiary/aromatic N) is 1. The van der Waals surface area contributed by atoms with Crippen molar-refractivity contribution in [1.82, 2.24) is 0 Å². The van der Waals surface area contributed by atoms with Gasteiger partial charge in [0.2, 0.25) is 10.0 Å². The van der Waals surface area contributed by atoms with Gasteiger partial charge in [-0.3, -0.25) is 4.31 Å². The van der Waals surface area contributed by atoms with E-state index in [1.807, 2.05) is 27.7 Å². The molecule has 9 heteroatoms. The van der Waals surface area contributed by atoms with Crippen LogP contribution in [0.5, 0.6) is 5.75 Å². The molecule has 0 aromatic heterocycles. The molecule has 2 rings (SSSR count). The molecule has 0 saturated carbocycles. The average molecular weight is 387 g/mol. The second-order valence-electron chi connectivity index (χ2n) is 7.43. The van der Waals surface area contributed by atoms with E-state index in [4.69, 9.17) is 14.0 Å². The van der Waals surface area contributed by atoms with Crippen molar-refractivity contribution in [2.75, 3.05) is 24.2 Å². The van der Waals surface area contributed by atoms with Crippen LogP contribution in [-0.4, -0.2) is 46.6 Å². The van der Waals surface area contributed by atoms with Crippen LogP contribution in [0.1, 0.15) is 41.0 Å². The number of sulfonamides is 1. The Labute approximate surface area is 155 Å². The first-order valence-electron chi connectivity index (χ1n) is 8.56. The summed E-state index contributed by atoms with van der Waals surface area (Å²) in [6, 6.07) is 2.79. The molecule has 1 heterocycles. The Kier molecular flexibility index (Phi) is 5.66. The van der Waals surface area contributed by atoms with Crippen molar-refractivity contribution in [3.63, 3.8) is 0 Å². The Morgan fingerprint density at radius 2 is 1.73 bits per heavy atom. The van der Waals surface area contributed by atoms with Gasteiger partial charge in [0.15, 0.2) is 11.6 Å². The first-order valence-corrected chi connectivity index (χ1v) is 10.2. The Balaban J connectivity index is 2.51. The zero-order valence-corrected chi connectivity index (χ0v) is 17.2. The summed E-state index contributed by atoms with van der Waals surface area (Å²) in [6.45, 7) is 9.35. The topological polar surface area (TPSA) is 65.1 Å². The second-order valence-corrected chi connectivity index (χ2v) is 9.55. The van der Waals surface area contributed by atoms with Crippen molar-refractivity contribution in [3.8, 4) is 5.75 Å². The summed E-state index contributed by atoms with van der Waals surface area (Å²) in [7, 11) is -1.71. The molecule has 0 aliphatic carbocycles. The molecule has 0 amide bonds. The standard InChI is InChI=1S/C17H27BFNO5S/c1-8-9-26(21,22)20(6)14-11-12(10-13(19)15(14)23-7)18-24-16(2,3)17(4,5)25-18/h10-11H,8-9H2,1-7H3. The van der Waals surface area contributed by atoms with Gasteiger partial charge in [-0.15, -0.1) is 0 Å². The van der Waals surface area contributed by atoms with E-state index in [0.717, 1.165) is 4.31 Å². The smallest absolute Gasteiger partial charge is 0.492 e. The molecule has 1 aromatic rings. The van der Waals surface area contributed by atoms with E-state index in [1.165, 1.54) is 26.3 Å². The van der Waals surface area contributed by atoms with Crippen LogP contribution in [0.15, 0.2) is 12.1 Å². The van der Waals surface area contributed by atoms with Gasteiger partial charge < -0.3 is 14.0 Å². The van der Waals surface area contributed by atoms with E-state index < -0.39 is 34.2 Å². The van der Waals surface area contributed by atoms with Crippen LogP contribution >= 0.6 is 0 Å². The zero-order valence-electron chi connectivity index (χ0n) is 16.4. The Bertz CT molecular complexity index is 766. The number of methoxy groups -OCH3 is 1. The highest BCUT2D eigenvalue weighted by Gasteiger charge is 2.52. The molecule has 0 unspecified atom stereocenters. The maximum absolute atomic E-state index is 14.6. The third-order valence-electron chi connectivity index (χ3n) is 4.99. The lowest BCUT2D eigenvalue weighted by molar-refractivity contribution is 0.00578. The summed E-state index contributed by atoms with van der Waals surface area (Å²) >= 11 is 0. The van der Waals surface area contributed by atoms with Gasteiger partial charge in [-0.2, -0.15) is 0 Å². The third kappa shape index (κ3) is 3.70. The number of rotatable bonds is 6. The van der Waals surface area contributed by atoms with Crippen LogP contribution in [0.2, 0.25) is 0 Å². The van der Waals surface area contributed by atoms with Crippen molar-refractivity contribution in [2.24, 2.45) is 0 Å². The molecule has 1 aromatic carbocycles. The molecule has 1 aliphatic rings. The predicted octanol–water partition coefficient (Wildman–Crippen LogP) is 2.31. The fourth-order valence-electron chi connectivity index (χ4n) is 2.70. The molecule has 0 bridgehead atoms. The van der Waals surface area contributed by atoms with Gasteiger partial charge in [0, 0.05) is 7.05 Å². The van der Waals surface area contributed by atoms with Crippen LogP contribution in [0.4, 0.5) is 10.1 Å². The highest BCUT2D eigenvalue weighted by Crippen LogP contribution is 2.38. The van der Waals surface area contributed by atoms with E-state index in [0.29, 0.717) is 11.9 Å². The third-order valence-corrected chi connectivity index (χ3v) is 6.95. The van der Waals surface area contributed by atoms with Crippen molar-refractivity contribution >= 4 is 28.3 Å². The number of hydrogen-bond donors (Lipinski definition) is 0.